The Morgan fingerprint density at radius 2 is 1.40 bits per heavy atom. The van der Waals surface area contributed by atoms with Crippen molar-refractivity contribution in [3.05, 3.63) is 60.2 Å². The Labute approximate surface area is 147 Å². The topological polar surface area (TPSA) is 61.8 Å². The van der Waals surface area contributed by atoms with E-state index in [0.29, 0.717) is 12.4 Å². The van der Waals surface area contributed by atoms with Crippen LogP contribution in [0.5, 0.6) is 11.5 Å². The SMILES string of the molecule is CCCOC(=O)CCC(=O)OCc1ccc(Oc2ccccc2)cc1. The van der Waals surface area contributed by atoms with E-state index in [0.717, 1.165) is 17.7 Å². The maximum Gasteiger partial charge on any atom is 0.306 e. The molecular formula is C20H22O5. The van der Waals surface area contributed by atoms with Crippen LogP contribution in [-0.4, -0.2) is 18.5 Å². The fourth-order valence-corrected chi connectivity index (χ4v) is 2.01. The summed E-state index contributed by atoms with van der Waals surface area (Å²) in [6, 6.07) is 16.8. The molecule has 0 aliphatic heterocycles. The average molecular weight is 342 g/mol. The van der Waals surface area contributed by atoms with E-state index in [2.05, 4.69) is 0 Å². The van der Waals surface area contributed by atoms with Gasteiger partial charge >= 0.3 is 11.9 Å². The molecule has 0 atom stereocenters. The molecule has 132 valence electrons. The number of carbonyl (C=O) groups excluding carboxylic acids is 2. The molecule has 2 aromatic carbocycles. The van der Waals surface area contributed by atoms with Gasteiger partial charge in [0.2, 0.25) is 0 Å². The van der Waals surface area contributed by atoms with Crippen LogP contribution in [0.1, 0.15) is 31.7 Å². The van der Waals surface area contributed by atoms with Gasteiger partial charge < -0.3 is 14.2 Å². The third kappa shape index (κ3) is 7.08. The summed E-state index contributed by atoms with van der Waals surface area (Å²) in [5.74, 6) is 0.677. The largest absolute Gasteiger partial charge is 0.466 e. The highest BCUT2D eigenvalue weighted by Crippen LogP contribution is 2.21. The van der Waals surface area contributed by atoms with Crippen molar-refractivity contribution in [1.82, 2.24) is 0 Å². The molecule has 0 spiro atoms. The molecule has 0 saturated carbocycles. The van der Waals surface area contributed by atoms with Crippen molar-refractivity contribution < 1.29 is 23.8 Å². The minimum atomic E-state index is -0.418. The Morgan fingerprint density at radius 1 is 0.800 bits per heavy atom. The summed E-state index contributed by atoms with van der Waals surface area (Å²) < 4.78 is 15.8. The van der Waals surface area contributed by atoms with Gasteiger partial charge in [0.05, 0.1) is 19.4 Å². The molecule has 0 fully saturated rings. The summed E-state index contributed by atoms with van der Waals surface area (Å²) in [4.78, 5) is 23.0. The number of rotatable bonds is 9. The van der Waals surface area contributed by atoms with Gasteiger partial charge in [-0.1, -0.05) is 37.3 Å². The summed E-state index contributed by atoms with van der Waals surface area (Å²) in [7, 11) is 0. The van der Waals surface area contributed by atoms with Gasteiger partial charge in [-0.2, -0.15) is 0 Å². The van der Waals surface area contributed by atoms with E-state index in [1.54, 1.807) is 0 Å². The lowest BCUT2D eigenvalue weighted by Gasteiger charge is -2.08. The Balaban J connectivity index is 1.72. The molecule has 0 aromatic heterocycles. The van der Waals surface area contributed by atoms with Crippen molar-refractivity contribution >= 4 is 11.9 Å². The fourth-order valence-electron chi connectivity index (χ4n) is 2.01. The van der Waals surface area contributed by atoms with Crippen molar-refractivity contribution in [2.24, 2.45) is 0 Å². The van der Waals surface area contributed by atoms with Crippen molar-refractivity contribution in [3.8, 4) is 11.5 Å². The number of hydrogen-bond acceptors (Lipinski definition) is 5. The average Bonchev–Trinajstić information content (AvgIpc) is 2.65. The van der Waals surface area contributed by atoms with Crippen LogP contribution in [0.4, 0.5) is 0 Å². The van der Waals surface area contributed by atoms with E-state index in [9.17, 15) is 9.59 Å². The molecule has 0 N–H and O–H groups in total. The second-order valence-corrected chi connectivity index (χ2v) is 5.44. The molecule has 5 heteroatoms. The lowest BCUT2D eigenvalue weighted by atomic mass is 10.2. The Kier molecular flexibility index (Phi) is 7.50. The molecule has 0 aliphatic carbocycles. The molecule has 5 nitrogen and oxygen atoms in total. The zero-order valence-electron chi connectivity index (χ0n) is 14.3. The predicted molar refractivity (Wildman–Crippen MR) is 93.2 cm³/mol. The van der Waals surface area contributed by atoms with Crippen LogP contribution in [0.25, 0.3) is 0 Å². The van der Waals surface area contributed by atoms with Crippen LogP contribution in [0.2, 0.25) is 0 Å². The van der Waals surface area contributed by atoms with E-state index in [-0.39, 0.29) is 25.4 Å². The second-order valence-electron chi connectivity index (χ2n) is 5.44. The predicted octanol–water partition coefficient (Wildman–Crippen LogP) is 4.26. The summed E-state index contributed by atoms with van der Waals surface area (Å²) in [6.07, 6.45) is 0.834. The summed E-state index contributed by atoms with van der Waals surface area (Å²) in [6.45, 7) is 2.46. The summed E-state index contributed by atoms with van der Waals surface area (Å²) in [5.41, 5.74) is 0.849. The van der Waals surface area contributed by atoms with Crippen LogP contribution >= 0.6 is 0 Å². The zero-order chi connectivity index (χ0) is 17.9. The van der Waals surface area contributed by atoms with Gasteiger partial charge in [0, 0.05) is 0 Å². The molecule has 0 unspecified atom stereocenters. The first-order valence-corrected chi connectivity index (χ1v) is 8.30. The van der Waals surface area contributed by atoms with Gasteiger partial charge in [0.15, 0.2) is 0 Å². The third-order valence-electron chi connectivity index (χ3n) is 3.30. The maximum absolute atomic E-state index is 11.6. The van der Waals surface area contributed by atoms with Gasteiger partial charge in [0.25, 0.3) is 0 Å². The third-order valence-corrected chi connectivity index (χ3v) is 3.30. The molecule has 25 heavy (non-hydrogen) atoms. The lowest BCUT2D eigenvalue weighted by Crippen LogP contribution is -2.10. The molecule has 0 aliphatic rings. The molecule has 2 rings (SSSR count). The quantitative estimate of drug-likeness (QED) is 0.637. The van der Waals surface area contributed by atoms with Gasteiger partial charge in [0.1, 0.15) is 18.1 Å². The zero-order valence-corrected chi connectivity index (χ0v) is 14.3. The first-order chi connectivity index (χ1) is 12.2. The number of esters is 2. The Hall–Kier alpha value is -2.82. The number of carbonyl (C=O) groups is 2. The van der Waals surface area contributed by atoms with Crippen molar-refractivity contribution in [2.45, 2.75) is 32.8 Å². The maximum atomic E-state index is 11.6. The minimum absolute atomic E-state index is 0.0255. The lowest BCUT2D eigenvalue weighted by molar-refractivity contribution is -0.151. The monoisotopic (exact) mass is 342 g/mol. The van der Waals surface area contributed by atoms with Crippen molar-refractivity contribution in [3.63, 3.8) is 0 Å². The molecule has 0 saturated heterocycles. The van der Waals surface area contributed by atoms with Crippen LogP contribution in [0, 0.1) is 0 Å². The van der Waals surface area contributed by atoms with Crippen LogP contribution in [-0.2, 0) is 25.7 Å². The molecule has 0 heterocycles. The summed E-state index contributed by atoms with van der Waals surface area (Å²) in [5, 5.41) is 0. The highest BCUT2D eigenvalue weighted by Gasteiger charge is 2.09. The van der Waals surface area contributed by atoms with Gasteiger partial charge in [-0.25, -0.2) is 0 Å². The molecule has 0 bridgehead atoms. The van der Waals surface area contributed by atoms with Crippen LogP contribution in [0.3, 0.4) is 0 Å². The van der Waals surface area contributed by atoms with E-state index in [4.69, 9.17) is 14.2 Å². The number of hydrogen-bond donors (Lipinski definition) is 0. The molecule has 2 aromatic rings. The smallest absolute Gasteiger partial charge is 0.306 e. The minimum Gasteiger partial charge on any atom is -0.466 e. The fraction of sp³-hybridized carbons (Fsp3) is 0.300. The van der Waals surface area contributed by atoms with E-state index in [1.807, 2.05) is 61.5 Å². The van der Waals surface area contributed by atoms with Crippen molar-refractivity contribution in [2.75, 3.05) is 6.61 Å². The Morgan fingerprint density at radius 3 is 2.04 bits per heavy atom. The van der Waals surface area contributed by atoms with E-state index in [1.165, 1.54) is 0 Å². The first-order valence-electron chi connectivity index (χ1n) is 8.30. The number of benzene rings is 2. The van der Waals surface area contributed by atoms with Gasteiger partial charge in [-0.05, 0) is 36.2 Å². The highest BCUT2D eigenvalue weighted by atomic mass is 16.5. The standard InChI is InChI=1S/C20H22O5/c1-2-14-23-19(21)12-13-20(22)24-15-16-8-10-18(11-9-16)25-17-6-4-3-5-7-17/h3-11H,2,12-15H2,1H3. The Bertz CT molecular complexity index is 664. The molecular weight excluding hydrogens is 320 g/mol. The van der Waals surface area contributed by atoms with Crippen molar-refractivity contribution in [1.29, 1.82) is 0 Å². The van der Waals surface area contributed by atoms with Gasteiger partial charge in [-0.3, -0.25) is 9.59 Å². The van der Waals surface area contributed by atoms with E-state index < -0.39 is 5.97 Å². The first kappa shape index (κ1) is 18.5. The second kappa shape index (κ2) is 10.1. The van der Waals surface area contributed by atoms with E-state index >= 15 is 0 Å². The number of ether oxygens (including phenoxy) is 3. The molecule has 0 amide bonds. The molecule has 0 radical (unpaired) electrons. The summed E-state index contributed by atoms with van der Waals surface area (Å²) >= 11 is 0. The number of para-hydroxylation sites is 1. The van der Waals surface area contributed by atoms with Gasteiger partial charge in [-0.15, -0.1) is 0 Å². The van der Waals surface area contributed by atoms with Crippen LogP contribution < -0.4 is 4.74 Å². The normalized spacial score (nSPS) is 10.1. The highest BCUT2D eigenvalue weighted by molar-refractivity contribution is 5.77. The van der Waals surface area contributed by atoms with Crippen LogP contribution in [0.15, 0.2) is 54.6 Å².